The van der Waals surface area contributed by atoms with E-state index in [1.54, 1.807) is 6.20 Å². The van der Waals surface area contributed by atoms with E-state index in [1.807, 2.05) is 45.0 Å². The highest BCUT2D eigenvalue weighted by Gasteiger charge is 2.47. The standard InChI is InChI=1S/C29H35N5O2/c1-28(2,3)27(35)36-29(13-14-29)15-17-31-24-20-25(33-26(32-24)23-10-6-7-16-30-23)34-18-11-21-8-4-5-9-22(21)12-19-34/h4-10,16,20H,11-15,17-19H2,1-3H3,(H,31,32,33). The normalized spacial score (nSPS) is 16.6. The van der Waals surface area contributed by atoms with E-state index < -0.39 is 5.41 Å². The molecular formula is C29H35N5O2. The Morgan fingerprint density at radius 1 is 1.03 bits per heavy atom. The Morgan fingerprint density at radius 2 is 1.72 bits per heavy atom. The number of esters is 1. The Bertz CT molecular complexity index is 1190. The summed E-state index contributed by atoms with van der Waals surface area (Å²) in [5.74, 6) is 2.14. The second kappa shape index (κ2) is 9.88. The van der Waals surface area contributed by atoms with Gasteiger partial charge < -0.3 is 15.0 Å². The lowest BCUT2D eigenvalue weighted by molar-refractivity contribution is -0.161. The van der Waals surface area contributed by atoms with Crippen LogP contribution in [0.15, 0.2) is 54.7 Å². The molecule has 2 aromatic heterocycles. The van der Waals surface area contributed by atoms with Gasteiger partial charge >= 0.3 is 5.97 Å². The number of anilines is 2. The van der Waals surface area contributed by atoms with E-state index in [2.05, 4.69) is 39.5 Å². The van der Waals surface area contributed by atoms with Crippen LogP contribution < -0.4 is 10.2 Å². The van der Waals surface area contributed by atoms with Crippen molar-refractivity contribution in [1.82, 2.24) is 15.0 Å². The van der Waals surface area contributed by atoms with Crippen molar-refractivity contribution in [2.24, 2.45) is 5.41 Å². The van der Waals surface area contributed by atoms with E-state index in [9.17, 15) is 4.79 Å². The average Bonchev–Trinajstić information content (AvgIpc) is 3.66. The maximum Gasteiger partial charge on any atom is 0.311 e. The van der Waals surface area contributed by atoms with Gasteiger partial charge in [0.15, 0.2) is 5.82 Å². The van der Waals surface area contributed by atoms with Crippen molar-refractivity contribution in [1.29, 1.82) is 0 Å². The average molecular weight is 486 g/mol. The first-order valence-electron chi connectivity index (χ1n) is 12.9. The Hall–Kier alpha value is -3.48. The number of rotatable bonds is 7. The summed E-state index contributed by atoms with van der Waals surface area (Å²) in [4.78, 5) is 28.9. The number of aromatic nitrogens is 3. The molecule has 1 aliphatic carbocycles. The predicted molar refractivity (Wildman–Crippen MR) is 142 cm³/mol. The summed E-state index contributed by atoms with van der Waals surface area (Å²) in [5, 5.41) is 3.48. The summed E-state index contributed by atoms with van der Waals surface area (Å²) in [5.41, 5.74) is 2.75. The minimum absolute atomic E-state index is 0.135. The second-order valence-electron chi connectivity index (χ2n) is 10.9. The quantitative estimate of drug-likeness (QED) is 0.468. The minimum atomic E-state index is -0.491. The molecular weight excluding hydrogens is 450 g/mol. The highest BCUT2D eigenvalue weighted by atomic mass is 16.6. The van der Waals surface area contributed by atoms with Crippen LogP contribution >= 0.6 is 0 Å². The maximum absolute atomic E-state index is 12.4. The van der Waals surface area contributed by atoms with Crippen LogP contribution in [0.4, 0.5) is 11.6 Å². The molecule has 1 fully saturated rings. The molecule has 1 aliphatic heterocycles. The van der Waals surface area contributed by atoms with Crippen LogP contribution in [0, 0.1) is 5.41 Å². The largest absolute Gasteiger partial charge is 0.459 e. The van der Waals surface area contributed by atoms with Crippen molar-refractivity contribution >= 4 is 17.6 Å². The summed E-state index contributed by atoms with van der Waals surface area (Å²) >= 11 is 0. The maximum atomic E-state index is 12.4. The number of ether oxygens (including phenoxy) is 1. The van der Waals surface area contributed by atoms with Gasteiger partial charge in [-0.25, -0.2) is 9.97 Å². The van der Waals surface area contributed by atoms with Crippen molar-refractivity contribution in [2.45, 2.75) is 58.5 Å². The van der Waals surface area contributed by atoms with E-state index in [0.717, 1.165) is 62.5 Å². The van der Waals surface area contributed by atoms with Gasteiger partial charge in [-0.05, 0) is 69.7 Å². The number of carbonyl (C=O) groups excluding carboxylic acids is 1. The van der Waals surface area contributed by atoms with Crippen LogP contribution in [0.25, 0.3) is 11.5 Å². The Kier molecular flexibility index (Phi) is 6.65. The summed E-state index contributed by atoms with van der Waals surface area (Å²) < 4.78 is 5.88. The lowest BCUT2D eigenvalue weighted by Crippen LogP contribution is -2.30. The zero-order chi connectivity index (χ0) is 25.2. The molecule has 0 saturated heterocycles. The van der Waals surface area contributed by atoms with E-state index in [0.29, 0.717) is 12.4 Å². The van der Waals surface area contributed by atoms with Crippen LogP contribution in [0.3, 0.4) is 0 Å². The summed E-state index contributed by atoms with van der Waals surface area (Å²) in [7, 11) is 0. The molecule has 0 spiro atoms. The molecule has 0 bridgehead atoms. The van der Waals surface area contributed by atoms with Gasteiger partial charge in [-0.15, -0.1) is 0 Å². The molecule has 7 heteroatoms. The SMILES string of the molecule is CC(C)(C)C(=O)OC1(CCNc2cc(N3CCc4ccccc4CC3)nc(-c3ccccn3)n2)CC1. The fourth-order valence-electron chi connectivity index (χ4n) is 4.50. The number of hydrogen-bond acceptors (Lipinski definition) is 7. The minimum Gasteiger partial charge on any atom is -0.459 e. The molecule has 3 aromatic rings. The fourth-order valence-corrected chi connectivity index (χ4v) is 4.50. The number of pyridine rings is 1. The number of hydrogen-bond donors (Lipinski definition) is 1. The highest BCUT2D eigenvalue weighted by molar-refractivity contribution is 5.76. The summed E-state index contributed by atoms with van der Waals surface area (Å²) in [6.07, 6.45) is 6.33. The van der Waals surface area contributed by atoms with Gasteiger partial charge in [-0.2, -0.15) is 0 Å². The summed E-state index contributed by atoms with van der Waals surface area (Å²) in [6.45, 7) is 8.16. The molecule has 0 unspecified atom stereocenters. The van der Waals surface area contributed by atoms with Crippen molar-refractivity contribution in [3.63, 3.8) is 0 Å². The van der Waals surface area contributed by atoms with Crippen molar-refractivity contribution in [3.05, 3.63) is 65.9 Å². The van der Waals surface area contributed by atoms with Crippen LogP contribution in [0.1, 0.15) is 51.2 Å². The van der Waals surface area contributed by atoms with Gasteiger partial charge in [-0.1, -0.05) is 30.3 Å². The van der Waals surface area contributed by atoms with Crippen molar-refractivity contribution in [3.8, 4) is 11.5 Å². The first-order valence-corrected chi connectivity index (χ1v) is 12.9. The lowest BCUT2D eigenvalue weighted by atomic mass is 9.97. The summed E-state index contributed by atoms with van der Waals surface area (Å²) in [6, 6.07) is 16.5. The van der Waals surface area contributed by atoms with E-state index in [4.69, 9.17) is 14.7 Å². The molecule has 1 N–H and O–H groups in total. The van der Waals surface area contributed by atoms with Gasteiger partial charge in [-0.3, -0.25) is 9.78 Å². The molecule has 1 aromatic carbocycles. The lowest BCUT2D eigenvalue weighted by Gasteiger charge is -2.24. The van der Waals surface area contributed by atoms with Crippen LogP contribution in [-0.2, 0) is 22.4 Å². The third-order valence-electron chi connectivity index (χ3n) is 6.97. The predicted octanol–water partition coefficient (Wildman–Crippen LogP) is 5.07. The molecule has 5 rings (SSSR count). The molecule has 2 aliphatic rings. The molecule has 0 atom stereocenters. The van der Waals surface area contributed by atoms with E-state index in [-0.39, 0.29) is 11.6 Å². The third-order valence-corrected chi connectivity index (χ3v) is 6.97. The van der Waals surface area contributed by atoms with E-state index in [1.165, 1.54) is 11.1 Å². The third kappa shape index (κ3) is 5.66. The number of nitrogens with one attached hydrogen (secondary N) is 1. The number of carbonyl (C=O) groups is 1. The highest BCUT2D eigenvalue weighted by Crippen LogP contribution is 2.44. The molecule has 36 heavy (non-hydrogen) atoms. The van der Waals surface area contributed by atoms with Gasteiger partial charge in [0.1, 0.15) is 22.9 Å². The zero-order valence-corrected chi connectivity index (χ0v) is 21.5. The Morgan fingerprint density at radius 3 is 2.33 bits per heavy atom. The number of fused-ring (bicyclic) bond motifs is 1. The topological polar surface area (TPSA) is 80.2 Å². The monoisotopic (exact) mass is 485 g/mol. The molecule has 0 amide bonds. The van der Waals surface area contributed by atoms with Crippen LogP contribution in [-0.4, -0.2) is 46.2 Å². The van der Waals surface area contributed by atoms with Gasteiger partial charge in [0.05, 0.1) is 5.41 Å². The Balaban J connectivity index is 1.32. The molecule has 0 radical (unpaired) electrons. The van der Waals surface area contributed by atoms with Crippen LogP contribution in [0.2, 0.25) is 0 Å². The van der Waals surface area contributed by atoms with Gasteiger partial charge in [0, 0.05) is 38.3 Å². The molecule has 1 saturated carbocycles. The smallest absolute Gasteiger partial charge is 0.311 e. The number of nitrogens with zero attached hydrogens (tertiary/aromatic N) is 4. The van der Waals surface area contributed by atoms with Crippen LogP contribution in [0.5, 0.6) is 0 Å². The molecule has 7 nitrogen and oxygen atoms in total. The van der Waals surface area contributed by atoms with Gasteiger partial charge in [0.25, 0.3) is 0 Å². The van der Waals surface area contributed by atoms with E-state index >= 15 is 0 Å². The fraction of sp³-hybridized carbons (Fsp3) is 0.448. The van der Waals surface area contributed by atoms with Crippen molar-refractivity contribution < 1.29 is 9.53 Å². The first kappa shape index (κ1) is 24.2. The number of benzene rings is 1. The second-order valence-corrected chi connectivity index (χ2v) is 10.9. The zero-order valence-electron chi connectivity index (χ0n) is 21.5. The van der Waals surface area contributed by atoms with Gasteiger partial charge in [0.2, 0.25) is 0 Å². The first-order chi connectivity index (χ1) is 17.3. The molecule has 3 heterocycles. The Labute approximate surface area is 213 Å². The molecule has 188 valence electrons. The van der Waals surface area contributed by atoms with Crippen molar-refractivity contribution in [2.75, 3.05) is 29.9 Å².